The van der Waals surface area contributed by atoms with Crippen molar-refractivity contribution in [2.45, 2.75) is 59.9 Å². The summed E-state index contributed by atoms with van der Waals surface area (Å²) in [7, 11) is 1.13. The Morgan fingerprint density at radius 3 is 0.800 bits per heavy atom. The third kappa shape index (κ3) is 72900. The van der Waals surface area contributed by atoms with Gasteiger partial charge in [0.15, 0.2) is 0 Å². The molecule has 0 rings (SSSR count). The van der Waals surface area contributed by atoms with E-state index in [2.05, 4.69) is 6.58 Å². The summed E-state index contributed by atoms with van der Waals surface area (Å²) in [6, 6.07) is 0. The second-order valence-corrected chi connectivity index (χ2v) is 4.51. The molecule has 0 radical (unpaired) electrons. The molecular weight excluding hydrogens is 208 g/mol. The lowest BCUT2D eigenvalue weighted by atomic mass is 10.5. The highest BCUT2D eigenvalue weighted by Crippen LogP contribution is 1.65. The lowest BCUT2D eigenvalue weighted by molar-refractivity contribution is 0.215. The van der Waals surface area contributed by atoms with E-state index in [1.807, 2.05) is 5.70 Å². The molecule has 96 valence electrons. The van der Waals surface area contributed by atoms with Crippen LogP contribution in [0.15, 0.2) is 12.3 Å². The fourth-order valence-corrected chi connectivity index (χ4v) is 0. The molecule has 0 saturated heterocycles. The number of aliphatic hydroxyl groups excluding tert-OH is 3. The molecule has 4 heteroatoms. The SMILES string of the molecule is C=C[SiH3].CC(C)O.CC(C)O.CC(C)O. The molecule has 0 spiro atoms. The van der Waals surface area contributed by atoms with Gasteiger partial charge in [-0.05, 0) is 41.5 Å². The minimum atomic E-state index is -0.167. The molecule has 0 aliphatic heterocycles. The second kappa shape index (κ2) is 23.6. The predicted molar refractivity (Wildman–Crippen MR) is 72.2 cm³/mol. The van der Waals surface area contributed by atoms with Crippen LogP contribution in [-0.4, -0.2) is 43.9 Å². The maximum Gasteiger partial charge on any atom is 0.0483 e. The monoisotopic (exact) mass is 238 g/mol. The Balaban J connectivity index is -0.0000000542. The summed E-state index contributed by atoms with van der Waals surface area (Å²) >= 11 is 0. The van der Waals surface area contributed by atoms with E-state index in [0.29, 0.717) is 0 Å². The van der Waals surface area contributed by atoms with Crippen molar-refractivity contribution in [3.63, 3.8) is 0 Å². The van der Waals surface area contributed by atoms with E-state index in [-0.39, 0.29) is 18.3 Å². The van der Waals surface area contributed by atoms with Crippen molar-refractivity contribution in [1.29, 1.82) is 0 Å². The van der Waals surface area contributed by atoms with Gasteiger partial charge in [0.25, 0.3) is 0 Å². The van der Waals surface area contributed by atoms with Gasteiger partial charge in [0.05, 0.1) is 0 Å². The third-order valence-electron chi connectivity index (χ3n) is 0. The highest BCUT2D eigenvalue weighted by Gasteiger charge is 1.70. The zero-order chi connectivity index (χ0) is 13.4. The summed E-state index contributed by atoms with van der Waals surface area (Å²) in [4.78, 5) is 0. The zero-order valence-electron chi connectivity index (χ0n) is 11.4. The zero-order valence-corrected chi connectivity index (χ0v) is 13.4. The fourth-order valence-electron chi connectivity index (χ4n) is 0. The molecule has 0 aromatic rings. The Morgan fingerprint density at radius 1 is 0.800 bits per heavy atom. The first-order valence-electron chi connectivity index (χ1n) is 5.22. The average Bonchev–Trinajstić information content (AvgIpc) is 1.81. The van der Waals surface area contributed by atoms with Crippen molar-refractivity contribution in [3.05, 3.63) is 12.3 Å². The molecule has 15 heavy (non-hydrogen) atoms. The molecule has 0 amide bonds. The maximum atomic E-state index is 8.06. The van der Waals surface area contributed by atoms with E-state index < -0.39 is 0 Å². The van der Waals surface area contributed by atoms with E-state index in [4.69, 9.17) is 15.3 Å². The van der Waals surface area contributed by atoms with E-state index in [1.54, 1.807) is 41.5 Å². The highest BCUT2D eigenvalue weighted by molar-refractivity contribution is 6.16. The average molecular weight is 238 g/mol. The van der Waals surface area contributed by atoms with E-state index in [1.165, 1.54) is 0 Å². The van der Waals surface area contributed by atoms with Crippen LogP contribution in [0.1, 0.15) is 41.5 Å². The van der Waals surface area contributed by atoms with E-state index in [0.717, 1.165) is 10.2 Å². The van der Waals surface area contributed by atoms with Gasteiger partial charge in [-0.25, -0.2) is 0 Å². The van der Waals surface area contributed by atoms with Crippen molar-refractivity contribution < 1.29 is 15.3 Å². The second-order valence-electron chi connectivity index (χ2n) is 3.69. The van der Waals surface area contributed by atoms with Gasteiger partial charge >= 0.3 is 0 Å². The van der Waals surface area contributed by atoms with Crippen LogP contribution in [0.25, 0.3) is 0 Å². The van der Waals surface area contributed by atoms with Gasteiger partial charge in [-0.1, -0.05) is 0 Å². The normalized spacial score (nSPS) is 8.27. The molecule has 0 saturated carbocycles. The molecule has 0 aliphatic rings. The van der Waals surface area contributed by atoms with Crippen molar-refractivity contribution in [2.75, 3.05) is 0 Å². The minimum Gasteiger partial charge on any atom is -0.394 e. The van der Waals surface area contributed by atoms with Crippen LogP contribution in [0.5, 0.6) is 0 Å². The van der Waals surface area contributed by atoms with E-state index in [9.17, 15) is 0 Å². The first-order valence-corrected chi connectivity index (χ1v) is 6.38. The topological polar surface area (TPSA) is 60.7 Å². The van der Waals surface area contributed by atoms with Crippen LogP contribution in [0.3, 0.4) is 0 Å². The predicted octanol–water partition coefficient (Wildman–Crippen LogP) is 0.657. The number of hydrogen-bond donors (Lipinski definition) is 3. The van der Waals surface area contributed by atoms with Crippen molar-refractivity contribution in [3.8, 4) is 0 Å². The van der Waals surface area contributed by atoms with Crippen LogP contribution < -0.4 is 0 Å². The maximum absolute atomic E-state index is 8.06. The first kappa shape index (κ1) is 24.2. The fraction of sp³-hybridized carbons (Fsp3) is 0.818. The Kier molecular flexibility index (Phi) is 38.0. The van der Waals surface area contributed by atoms with Gasteiger partial charge < -0.3 is 15.3 Å². The van der Waals surface area contributed by atoms with Gasteiger partial charge in [-0.2, -0.15) is 0 Å². The van der Waals surface area contributed by atoms with Gasteiger partial charge in [-0.3, -0.25) is 0 Å². The lowest BCUT2D eigenvalue weighted by Crippen LogP contribution is -1.85. The van der Waals surface area contributed by atoms with Crippen molar-refractivity contribution >= 4 is 10.2 Å². The third-order valence-corrected chi connectivity index (χ3v) is 0. The summed E-state index contributed by atoms with van der Waals surface area (Å²) in [5.74, 6) is 0. The largest absolute Gasteiger partial charge is 0.394 e. The molecule has 3 nitrogen and oxygen atoms in total. The molecule has 0 heterocycles. The summed E-state index contributed by atoms with van der Waals surface area (Å²) in [5, 5.41) is 24.2. The summed E-state index contributed by atoms with van der Waals surface area (Å²) in [5.41, 5.74) is 1.89. The molecule has 0 aliphatic carbocycles. The van der Waals surface area contributed by atoms with Gasteiger partial charge in [0.1, 0.15) is 0 Å². The molecule has 0 fully saturated rings. The number of aliphatic hydroxyl groups is 3. The van der Waals surface area contributed by atoms with Gasteiger partial charge in [0.2, 0.25) is 0 Å². The number of hydrogen-bond acceptors (Lipinski definition) is 3. The van der Waals surface area contributed by atoms with Crippen LogP contribution in [0.4, 0.5) is 0 Å². The molecule has 0 bridgehead atoms. The summed E-state index contributed by atoms with van der Waals surface area (Å²) < 4.78 is 0. The molecule has 0 aromatic carbocycles. The number of rotatable bonds is 0. The van der Waals surface area contributed by atoms with Crippen LogP contribution >= 0.6 is 0 Å². The molecule has 0 unspecified atom stereocenters. The summed E-state index contributed by atoms with van der Waals surface area (Å²) in [6.07, 6.45) is -0.500. The smallest absolute Gasteiger partial charge is 0.0483 e. The first-order chi connectivity index (χ1) is 6.61. The van der Waals surface area contributed by atoms with Crippen LogP contribution in [-0.2, 0) is 0 Å². The van der Waals surface area contributed by atoms with Crippen molar-refractivity contribution in [2.24, 2.45) is 0 Å². The molecule has 3 N–H and O–H groups in total. The Hall–Kier alpha value is -0.163. The van der Waals surface area contributed by atoms with Crippen LogP contribution in [0.2, 0.25) is 0 Å². The standard InChI is InChI=1S/3C3H8O.C2H6Si/c3*1-3(2)4;1-2-3/h3*3-4H,1-2H3;2H,1H2,3H3. The Morgan fingerprint density at radius 2 is 0.800 bits per heavy atom. The molecule has 0 aromatic heterocycles. The summed E-state index contributed by atoms with van der Waals surface area (Å²) in [6.45, 7) is 13.8. The molecule has 0 atom stereocenters. The van der Waals surface area contributed by atoms with Gasteiger partial charge in [0, 0.05) is 28.6 Å². The van der Waals surface area contributed by atoms with Crippen molar-refractivity contribution in [1.82, 2.24) is 0 Å². The van der Waals surface area contributed by atoms with Gasteiger partial charge in [-0.15, -0.1) is 12.3 Å². The lowest BCUT2D eigenvalue weighted by Gasteiger charge is -1.80. The quantitative estimate of drug-likeness (QED) is 0.543. The minimum absolute atomic E-state index is 0.167. The Labute approximate surface area is 98.3 Å². The van der Waals surface area contributed by atoms with Crippen LogP contribution in [0, 0.1) is 0 Å². The highest BCUT2D eigenvalue weighted by atomic mass is 28.1. The Bertz CT molecular complexity index is 71.3. The van der Waals surface area contributed by atoms with E-state index >= 15 is 0 Å². The molecular formula is C11H30O3Si.